The summed E-state index contributed by atoms with van der Waals surface area (Å²) in [7, 11) is -2.09. The van der Waals surface area contributed by atoms with Gasteiger partial charge in [-0.15, -0.1) is 0 Å². The van der Waals surface area contributed by atoms with E-state index in [-0.39, 0.29) is 29.0 Å². The Balaban J connectivity index is 1.87. The lowest BCUT2D eigenvalue weighted by molar-refractivity contribution is 0.0515. The van der Waals surface area contributed by atoms with E-state index in [1.54, 1.807) is 14.0 Å². The smallest absolute Gasteiger partial charge is 0.354 e. The standard InChI is InChI=1S/C19H25N3O4S/c1-3-26-19(23)18-9-16(12-21(18)2)27(24,25)22-11-15(10-20)17(13-22)14-7-5-4-6-8-14/h4-9,12,15,17H,3,10-11,13,20H2,1-2H3/t15-,17+/m1/s1. The van der Waals surface area contributed by atoms with Gasteiger partial charge in [-0.3, -0.25) is 0 Å². The summed E-state index contributed by atoms with van der Waals surface area (Å²) in [5.41, 5.74) is 7.22. The van der Waals surface area contributed by atoms with Crippen LogP contribution < -0.4 is 5.73 Å². The number of esters is 1. The highest BCUT2D eigenvalue weighted by Gasteiger charge is 2.40. The Kier molecular flexibility index (Phi) is 5.69. The van der Waals surface area contributed by atoms with Crippen LogP contribution in [0.15, 0.2) is 47.5 Å². The number of hydrogen-bond acceptors (Lipinski definition) is 5. The first kappa shape index (κ1) is 19.6. The number of sulfonamides is 1. The molecular formula is C19H25N3O4S. The van der Waals surface area contributed by atoms with Gasteiger partial charge in [0, 0.05) is 32.3 Å². The third-order valence-corrected chi connectivity index (χ3v) is 6.84. The van der Waals surface area contributed by atoms with Crippen LogP contribution >= 0.6 is 0 Å². The summed E-state index contributed by atoms with van der Waals surface area (Å²) < 4.78 is 34.2. The zero-order valence-electron chi connectivity index (χ0n) is 15.5. The lowest BCUT2D eigenvalue weighted by Gasteiger charge is -2.16. The first-order valence-electron chi connectivity index (χ1n) is 8.97. The number of nitrogens with two attached hydrogens (primary N) is 1. The highest BCUT2D eigenvalue weighted by Crippen LogP contribution is 2.35. The molecule has 146 valence electrons. The molecule has 0 aliphatic carbocycles. The number of carbonyl (C=O) groups is 1. The minimum absolute atomic E-state index is 0.0513. The SMILES string of the molecule is CCOC(=O)c1cc(S(=O)(=O)N2C[C@@H](CN)[C@H](c3ccccc3)C2)cn1C. The fourth-order valence-corrected chi connectivity index (χ4v) is 5.17. The minimum atomic E-state index is -3.72. The maximum atomic E-state index is 13.1. The van der Waals surface area contributed by atoms with Crippen molar-refractivity contribution in [1.82, 2.24) is 8.87 Å². The number of hydrogen-bond donors (Lipinski definition) is 1. The molecule has 2 atom stereocenters. The molecular weight excluding hydrogens is 366 g/mol. The summed E-state index contributed by atoms with van der Waals surface area (Å²) in [4.78, 5) is 12.1. The predicted molar refractivity (Wildman–Crippen MR) is 102 cm³/mol. The van der Waals surface area contributed by atoms with E-state index in [0.29, 0.717) is 19.6 Å². The lowest BCUT2D eigenvalue weighted by Crippen LogP contribution is -2.29. The van der Waals surface area contributed by atoms with Gasteiger partial charge in [0.05, 0.1) is 6.61 Å². The number of rotatable bonds is 6. The van der Waals surface area contributed by atoms with Crippen molar-refractivity contribution < 1.29 is 17.9 Å². The van der Waals surface area contributed by atoms with Gasteiger partial charge >= 0.3 is 5.97 Å². The van der Waals surface area contributed by atoms with E-state index in [2.05, 4.69) is 0 Å². The van der Waals surface area contributed by atoms with E-state index in [1.807, 2.05) is 30.3 Å². The van der Waals surface area contributed by atoms with Gasteiger partial charge in [-0.05, 0) is 31.0 Å². The van der Waals surface area contributed by atoms with Gasteiger partial charge in [0.1, 0.15) is 10.6 Å². The Morgan fingerprint density at radius 2 is 1.96 bits per heavy atom. The second kappa shape index (κ2) is 7.84. The molecule has 0 amide bonds. The average molecular weight is 391 g/mol. The van der Waals surface area contributed by atoms with Crippen LogP contribution in [0, 0.1) is 5.92 Å². The first-order valence-corrected chi connectivity index (χ1v) is 10.4. The minimum Gasteiger partial charge on any atom is -0.461 e. The molecule has 2 heterocycles. The molecule has 8 heteroatoms. The highest BCUT2D eigenvalue weighted by atomic mass is 32.2. The van der Waals surface area contributed by atoms with Gasteiger partial charge in [0.15, 0.2) is 0 Å². The molecule has 0 unspecified atom stereocenters. The van der Waals surface area contributed by atoms with E-state index in [4.69, 9.17) is 10.5 Å². The Morgan fingerprint density at radius 1 is 1.26 bits per heavy atom. The summed E-state index contributed by atoms with van der Waals surface area (Å²) in [6, 6.07) is 11.2. The largest absolute Gasteiger partial charge is 0.461 e. The van der Waals surface area contributed by atoms with Crippen LogP contribution in [-0.2, 0) is 21.8 Å². The van der Waals surface area contributed by atoms with Gasteiger partial charge in [0.25, 0.3) is 0 Å². The summed E-state index contributed by atoms with van der Waals surface area (Å²) in [6.07, 6.45) is 1.45. The second-order valence-electron chi connectivity index (χ2n) is 6.73. The van der Waals surface area contributed by atoms with Crippen molar-refractivity contribution in [3.05, 3.63) is 53.9 Å². The summed E-state index contributed by atoms with van der Waals surface area (Å²) in [6.45, 7) is 3.09. The van der Waals surface area contributed by atoms with Gasteiger partial charge in [-0.1, -0.05) is 30.3 Å². The van der Waals surface area contributed by atoms with Crippen LogP contribution in [0.25, 0.3) is 0 Å². The molecule has 3 rings (SSSR count). The van der Waals surface area contributed by atoms with E-state index >= 15 is 0 Å². The molecule has 1 aliphatic heterocycles. The number of aromatic nitrogens is 1. The molecule has 1 fully saturated rings. The molecule has 2 aromatic rings. The molecule has 1 aliphatic rings. The fraction of sp³-hybridized carbons (Fsp3) is 0.421. The molecule has 7 nitrogen and oxygen atoms in total. The van der Waals surface area contributed by atoms with Gasteiger partial charge in [0.2, 0.25) is 10.0 Å². The normalized spacial score (nSPS) is 20.7. The summed E-state index contributed by atoms with van der Waals surface area (Å²) in [5.74, 6) is -0.431. The molecule has 1 aromatic carbocycles. The Bertz CT molecular complexity index is 908. The molecule has 0 spiro atoms. The molecule has 2 N–H and O–H groups in total. The van der Waals surface area contributed by atoms with Crippen molar-refractivity contribution in [2.24, 2.45) is 18.7 Å². The maximum Gasteiger partial charge on any atom is 0.354 e. The van der Waals surface area contributed by atoms with Crippen LogP contribution in [-0.4, -0.2) is 49.5 Å². The molecule has 0 radical (unpaired) electrons. The number of nitrogens with zero attached hydrogens (tertiary/aromatic N) is 2. The first-order chi connectivity index (χ1) is 12.9. The van der Waals surface area contributed by atoms with Crippen LogP contribution in [0.4, 0.5) is 0 Å². The van der Waals surface area contributed by atoms with Crippen LogP contribution in [0.2, 0.25) is 0 Å². The van der Waals surface area contributed by atoms with Gasteiger partial charge < -0.3 is 15.0 Å². The summed E-state index contributed by atoms with van der Waals surface area (Å²) >= 11 is 0. The van der Waals surface area contributed by atoms with Crippen molar-refractivity contribution in [1.29, 1.82) is 0 Å². The number of carbonyl (C=O) groups excluding carboxylic acids is 1. The van der Waals surface area contributed by atoms with E-state index in [9.17, 15) is 13.2 Å². The molecule has 1 aromatic heterocycles. The van der Waals surface area contributed by atoms with Crippen molar-refractivity contribution in [3.8, 4) is 0 Å². The zero-order chi connectivity index (χ0) is 19.6. The molecule has 27 heavy (non-hydrogen) atoms. The lowest BCUT2D eigenvalue weighted by atomic mass is 9.89. The molecule has 0 bridgehead atoms. The van der Waals surface area contributed by atoms with Crippen LogP contribution in [0.5, 0.6) is 0 Å². The van der Waals surface area contributed by atoms with Crippen molar-refractivity contribution in [2.45, 2.75) is 17.7 Å². The predicted octanol–water partition coefficient (Wildman–Crippen LogP) is 1.56. The Labute approximate surface area is 159 Å². The number of aryl methyl sites for hydroxylation is 1. The topological polar surface area (TPSA) is 94.6 Å². The Morgan fingerprint density at radius 3 is 2.59 bits per heavy atom. The van der Waals surface area contributed by atoms with Crippen LogP contribution in [0.1, 0.15) is 28.9 Å². The highest BCUT2D eigenvalue weighted by molar-refractivity contribution is 7.89. The molecule has 1 saturated heterocycles. The molecule has 0 saturated carbocycles. The second-order valence-corrected chi connectivity index (χ2v) is 8.67. The average Bonchev–Trinajstić information content (AvgIpc) is 3.27. The zero-order valence-corrected chi connectivity index (χ0v) is 16.4. The number of benzene rings is 1. The summed E-state index contributed by atoms with van der Waals surface area (Å²) in [5, 5.41) is 0. The van der Waals surface area contributed by atoms with E-state index in [1.165, 1.54) is 21.1 Å². The number of ether oxygens (including phenoxy) is 1. The van der Waals surface area contributed by atoms with E-state index < -0.39 is 16.0 Å². The Hall–Kier alpha value is -2.16. The van der Waals surface area contributed by atoms with Gasteiger partial charge in [-0.25, -0.2) is 13.2 Å². The third-order valence-electron chi connectivity index (χ3n) is 5.04. The quantitative estimate of drug-likeness (QED) is 0.754. The third kappa shape index (κ3) is 3.78. The van der Waals surface area contributed by atoms with Crippen molar-refractivity contribution in [3.63, 3.8) is 0 Å². The van der Waals surface area contributed by atoms with Crippen LogP contribution in [0.3, 0.4) is 0 Å². The van der Waals surface area contributed by atoms with Crippen molar-refractivity contribution in [2.75, 3.05) is 26.2 Å². The fourth-order valence-electron chi connectivity index (χ4n) is 3.58. The van der Waals surface area contributed by atoms with Gasteiger partial charge in [-0.2, -0.15) is 4.31 Å². The van der Waals surface area contributed by atoms with Crippen molar-refractivity contribution >= 4 is 16.0 Å². The maximum absolute atomic E-state index is 13.1. The monoisotopic (exact) mass is 391 g/mol. The van der Waals surface area contributed by atoms with E-state index in [0.717, 1.165) is 5.56 Å².